The number of aromatic nitrogens is 2. The van der Waals surface area contributed by atoms with Gasteiger partial charge in [-0.15, -0.1) is 0 Å². The number of imide groups is 1. The van der Waals surface area contributed by atoms with Gasteiger partial charge in [0.15, 0.2) is 5.69 Å². The fourth-order valence-electron chi connectivity index (χ4n) is 3.64. The summed E-state index contributed by atoms with van der Waals surface area (Å²) in [6, 6.07) is 0.485. The van der Waals surface area contributed by atoms with Crippen LogP contribution < -0.4 is 0 Å². The van der Waals surface area contributed by atoms with Crippen LogP contribution in [-0.4, -0.2) is 80.8 Å². The normalized spacial score (nSPS) is 18.3. The van der Waals surface area contributed by atoms with Gasteiger partial charge in [0, 0.05) is 50.8 Å². The standard InChI is InChI=1S/C20H28F3N5O4/c1-13-9-15(20(21,22)23)24-28(13)8-7-25-6-5-16(29)27(17(25)30)12-14-10-26(11-14)18(31)32-19(2,3)4/h9,14H,5-8,10-12H2,1-4H3. The Morgan fingerprint density at radius 2 is 1.84 bits per heavy atom. The molecule has 2 aliphatic heterocycles. The van der Waals surface area contributed by atoms with E-state index in [1.54, 1.807) is 20.8 Å². The number of rotatable bonds is 5. The lowest BCUT2D eigenvalue weighted by Crippen LogP contribution is -2.59. The van der Waals surface area contributed by atoms with E-state index in [1.165, 1.54) is 21.4 Å². The number of carbonyl (C=O) groups excluding carboxylic acids is 3. The van der Waals surface area contributed by atoms with Crippen LogP contribution in [0, 0.1) is 12.8 Å². The van der Waals surface area contributed by atoms with E-state index in [1.807, 2.05) is 0 Å². The van der Waals surface area contributed by atoms with Crippen molar-refractivity contribution < 1.29 is 32.3 Å². The zero-order valence-corrected chi connectivity index (χ0v) is 18.6. The number of alkyl halides is 3. The van der Waals surface area contributed by atoms with E-state index in [4.69, 9.17) is 4.74 Å². The average molecular weight is 459 g/mol. The smallest absolute Gasteiger partial charge is 0.435 e. The molecule has 0 bridgehead atoms. The fraction of sp³-hybridized carbons (Fsp3) is 0.700. The van der Waals surface area contributed by atoms with Crippen LogP contribution in [0.4, 0.5) is 22.8 Å². The third kappa shape index (κ3) is 5.52. The Morgan fingerprint density at radius 1 is 1.19 bits per heavy atom. The first kappa shape index (κ1) is 23.9. The second-order valence-corrected chi connectivity index (χ2v) is 9.17. The second kappa shape index (κ2) is 8.62. The predicted octanol–water partition coefficient (Wildman–Crippen LogP) is 2.73. The number of nitrogens with zero attached hydrogens (tertiary/aromatic N) is 5. The van der Waals surface area contributed by atoms with Crippen molar-refractivity contribution in [3.05, 3.63) is 17.5 Å². The van der Waals surface area contributed by atoms with Gasteiger partial charge in [-0.1, -0.05) is 0 Å². The first-order valence-electron chi connectivity index (χ1n) is 10.4. The zero-order valence-electron chi connectivity index (χ0n) is 18.6. The highest BCUT2D eigenvalue weighted by Gasteiger charge is 2.39. The number of ether oxygens (including phenoxy) is 1. The lowest BCUT2D eigenvalue weighted by molar-refractivity contribution is -0.141. The Morgan fingerprint density at radius 3 is 2.41 bits per heavy atom. The minimum atomic E-state index is -4.53. The SMILES string of the molecule is Cc1cc(C(F)(F)F)nn1CCN1CCC(=O)N(CC2CN(C(=O)OC(C)(C)C)C2)C1=O. The minimum Gasteiger partial charge on any atom is -0.444 e. The molecule has 178 valence electrons. The Hall–Kier alpha value is -2.79. The predicted molar refractivity (Wildman–Crippen MR) is 107 cm³/mol. The molecule has 12 heteroatoms. The van der Waals surface area contributed by atoms with Gasteiger partial charge in [0.2, 0.25) is 5.91 Å². The molecule has 0 saturated carbocycles. The molecule has 0 aliphatic carbocycles. The van der Waals surface area contributed by atoms with Gasteiger partial charge < -0.3 is 14.5 Å². The van der Waals surface area contributed by atoms with Crippen molar-refractivity contribution in [3.8, 4) is 0 Å². The Labute approximate surface area is 184 Å². The summed E-state index contributed by atoms with van der Waals surface area (Å²) in [6.45, 7) is 8.23. The Bertz CT molecular complexity index is 887. The maximum Gasteiger partial charge on any atom is 0.435 e. The largest absolute Gasteiger partial charge is 0.444 e. The van der Waals surface area contributed by atoms with Gasteiger partial charge in [0.05, 0.1) is 6.54 Å². The van der Waals surface area contributed by atoms with Crippen LogP contribution in [-0.2, 0) is 22.3 Å². The molecule has 2 saturated heterocycles. The lowest BCUT2D eigenvalue weighted by Gasteiger charge is -2.43. The quantitative estimate of drug-likeness (QED) is 0.676. The monoisotopic (exact) mass is 459 g/mol. The van der Waals surface area contributed by atoms with E-state index in [0.717, 1.165) is 11.0 Å². The van der Waals surface area contributed by atoms with Gasteiger partial charge in [0.25, 0.3) is 0 Å². The lowest BCUT2D eigenvalue weighted by atomic mass is 9.99. The summed E-state index contributed by atoms with van der Waals surface area (Å²) in [7, 11) is 0. The highest BCUT2D eigenvalue weighted by atomic mass is 19.4. The van der Waals surface area contributed by atoms with Crippen molar-refractivity contribution in [2.75, 3.05) is 32.7 Å². The molecule has 3 rings (SSSR count). The minimum absolute atomic E-state index is 0.0435. The number of halogens is 3. The summed E-state index contributed by atoms with van der Waals surface area (Å²) in [6.07, 6.45) is -4.82. The highest BCUT2D eigenvalue weighted by molar-refractivity contribution is 5.96. The van der Waals surface area contributed by atoms with Crippen molar-refractivity contribution >= 4 is 18.0 Å². The van der Waals surface area contributed by atoms with Gasteiger partial charge in [-0.25, -0.2) is 9.59 Å². The number of hydrogen-bond donors (Lipinski definition) is 0. The van der Waals surface area contributed by atoms with E-state index in [0.29, 0.717) is 18.8 Å². The van der Waals surface area contributed by atoms with Crippen LogP contribution in [0.3, 0.4) is 0 Å². The van der Waals surface area contributed by atoms with Crippen molar-refractivity contribution in [1.29, 1.82) is 0 Å². The molecule has 0 aromatic carbocycles. The maximum absolute atomic E-state index is 12.8. The summed E-state index contributed by atoms with van der Waals surface area (Å²) in [5, 5.41) is 3.57. The van der Waals surface area contributed by atoms with Crippen molar-refractivity contribution in [3.63, 3.8) is 0 Å². The third-order valence-electron chi connectivity index (χ3n) is 5.30. The average Bonchev–Trinajstić information content (AvgIpc) is 2.99. The van der Waals surface area contributed by atoms with Crippen LogP contribution >= 0.6 is 0 Å². The first-order valence-corrected chi connectivity index (χ1v) is 10.4. The van der Waals surface area contributed by atoms with Crippen LogP contribution in [0.25, 0.3) is 0 Å². The molecule has 0 spiro atoms. The third-order valence-corrected chi connectivity index (χ3v) is 5.30. The molecule has 0 atom stereocenters. The van der Waals surface area contributed by atoms with E-state index in [-0.39, 0.29) is 44.4 Å². The molecule has 9 nitrogen and oxygen atoms in total. The topological polar surface area (TPSA) is 88.0 Å². The number of likely N-dealkylation sites (tertiary alicyclic amines) is 1. The molecule has 0 unspecified atom stereocenters. The molecule has 32 heavy (non-hydrogen) atoms. The Balaban J connectivity index is 1.53. The molecular formula is C20H28F3N5O4. The summed E-state index contributed by atoms with van der Waals surface area (Å²) in [5.74, 6) is -0.338. The summed E-state index contributed by atoms with van der Waals surface area (Å²) in [4.78, 5) is 41.3. The van der Waals surface area contributed by atoms with Crippen molar-refractivity contribution in [2.24, 2.45) is 5.92 Å². The zero-order chi connectivity index (χ0) is 23.8. The summed E-state index contributed by atoms with van der Waals surface area (Å²) >= 11 is 0. The molecule has 0 radical (unpaired) electrons. The molecule has 2 fully saturated rings. The maximum atomic E-state index is 12.8. The fourth-order valence-corrected chi connectivity index (χ4v) is 3.64. The van der Waals surface area contributed by atoms with Gasteiger partial charge >= 0.3 is 18.3 Å². The number of hydrogen-bond acceptors (Lipinski definition) is 5. The number of carbonyl (C=O) groups is 3. The molecule has 3 heterocycles. The summed E-state index contributed by atoms with van der Waals surface area (Å²) in [5.41, 5.74) is -1.24. The number of aryl methyl sites for hydroxylation is 1. The van der Waals surface area contributed by atoms with Gasteiger partial charge in [-0.3, -0.25) is 14.4 Å². The number of urea groups is 1. The van der Waals surface area contributed by atoms with E-state index in [2.05, 4.69) is 5.10 Å². The van der Waals surface area contributed by atoms with E-state index < -0.39 is 29.6 Å². The number of amides is 4. The first-order chi connectivity index (χ1) is 14.7. The van der Waals surface area contributed by atoms with E-state index in [9.17, 15) is 27.6 Å². The molecule has 4 amide bonds. The van der Waals surface area contributed by atoms with Gasteiger partial charge in [-0.2, -0.15) is 18.3 Å². The van der Waals surface area contributed by atoms with Crippen molar-refractivity contribution in [2.45, 2.75) is 52.4 Å². The molecule has 2 aliphatic rings. The van der Waals surface area contributed by atoms with E-state index >= 15 is 0 Å². The van der Waals surface area contributed by atoms with Crippen LogP contribution in [0.5, 0.6) is 0 Å². The highest BCUT2D eigenvalue weighted by Crippen LogP contribution is 2.28. The molecule has 0 N–H and O–H groups in total. The molecule has 1 aromatic rings. The van der Waals surface area contributed by atoms with Crippen LogP contribution in [0.15, 0.2) is 6.07 Å². The van der Waals surface area contributed by atoms with Gasteiger partial charge in [-0.05, 0) is 33.8 Å². The molecule has 1 aromatic heterocycles. The second-order valence-electron chi connectivity index (χ2n) is 9.17. The van der Waals surface area contributed by atoms with Crippen LogP contribution in [0.2, 0.25) is 0 Å². The van der Waals surface area contributed by atoms with Crippen LogP contribution in [0.1, 0.15) is 38.6 Å². The summed E-state index contributed by atoms with van der Waals surface area (Å²) < 4.78 is 45.0. The Kier molecular flexibility index (Phi) is 6.43. The van der Waals surface area contributed by atoms with Gasteiger partial charge in [0.1, 0.15) is 5.60 Å². The molecular weight excluding hydrogens is 431 g/mol. The van der Waals surface area contributed by atoms with Crippen molar-refractivity contribution in [1.82, 2.24) is 24.5 Å².